The third-order valence-corrected chi connectivity index (χ3v) is 5.71. The fourth-order valence-electron chi connectivity index (χ4n) is 3.86. The van der Waals surface area contributed by atoms with Crippen LogP contribution in [0.25, 0.3) is 0 Å². The van der Waals surface area contributed by atoms with E-state index in [1.54, 1.807) is 6.26 Å². The Hall–Kier alpha value is -2.07. The maximum absolute atomic E-state index is 12.8. The molecular weight excluding hydrogens is 324 g/mol. The first kappa shape index (κ1) is 18.7. The Balaban J connectivity index is 1.71. The minimum atomic E-state index is -0.0513. The van der Waals surface area contributed by atoms with Crippen molar-refractivity contribution in [2.75, 3.05) is 13.6 Å². The van der Waals surface area contributed by atoms with Crippen LogP contribution in [-0.4, -0.2) is 36.5 Å². The molecule has 0 unspecified atom stereocenters. The number of nitrogens with zero attached hydrogens (tertiary/aromatic N) is 1. The number of amides is 1. The summed E-state index contributed by atoms with van der Waals surface area (Å²) in [5.74, 6) is 1.35. The number of benzene rings is 1. The number of nitrogens with one attached hydrogen (secondary N) is 1. The maximum Gasteiger partial charge on any atom is 0.221 e. The van der Waals surface area contributed by atoms with Gasteiger partial charge in [0, 0.05) is 25.0 Å². The van der Waals surface area contributed by atoms with Gasteiger partial charge < -0.3 is 14.6 Å². The largest absolute Gasteiger partial charge is 0.469 e. The highest BCUT2D eigenvalue weighted by Gasteiger charge is 2.31. The molecule has 4 atom stereocenters. The fourth-order valence-corrected chi connectivity index (χ4v) is 3.86. The molecule has 1 aliphatic heterocycles. The van der Waals surface area contributed by atoms with Crippen LogP contribution in [0.4, 0.5) is 0 Å². The lowest BCUT2D eigenvalue weighted by Crippen LogP contribution is -2.52. The first-order chi connectivity index (χ1) is 12.4. The molecule has 0 radical (unpaired) electrons. The summed E-state index contributed by atoms with van der Waals surface area (Å²) in [7, 11) is 2.16. The zero-order chi connectivity index (χ0) is 18.7. The van der Waals surface area contributed by atoms with Crippen LogP contribution < -0.4 is 5.32 Å². The first-order valence-electron chi connectivity index (χ1n) is 9.53. The third-order valence-electron chi connectivity index (χ3n) is 5.71. The third kappa shape index (κ3) is 4.36. The van der Waals surface area contributed by atoms with Crippen LogP contribution in [0.2, 0.25) is 0 Å². The van der Waals surface area contributed by atoms with E-state index >= 15 is 0 Å². The molecule has 1 aromatic carbocycles. The van der Waals surface area contributed by atoms with Crippen LogP contribution in [-0.2, 0) is 4.79 Å². The zero-order valence-electron chi connectivity index (χ0n) is 16.2. The minimum Gasteiger partial charge on any atom is -0.469 e. The van der Waals surface area contributed by atoms with Gasteiger partial charge in [-0.05, 0) is 50.9 Å². The van der Waals surface area contributed by atoms with Gasteiger partial charge in [-0.2, -0.15) is 0 Å². The second-order valence-corrected chi connectivity index (χ2v) is 7.86. The molecule has 1 aromatic heterocycles. The van der Waals surface area contributed by atoms with Crippen molar-refractivity contribution < 1.29 is 9.21 Å². The molecule has 3 rings (SSSR count). The normalized spacial score (nSPS) is 25.0. The first-order valence-corrected chi connectivity index (χ1v) is 9.53. The van der Waals surface area contributed by atoms with Gasteiger partial charge in [-0.1, -0.05) is 36.8 Å². The SMILES string of the molecule is Cc1ccc([C@@H](CC(=O)N[C@@H]2C[C@@H](C)N(C)C[C@@H]2C)c2ccco2)cc1. The van der Waals surface area contributed by atoms with Crippen LogP contribution in [0.5, 0.6) is 0 Å². The summed E-state index contributed by atoms with van der Waals surface area (Å²) in [5, 5.41) is 3.29. The predicted octanol–water partition coefficient (Wildman–Crippen LogP) is 3.95. The number of carbonyl (C=O) groups excluding carboxylic acids is 1. The Morgan fingerprint density at radius 2 is 2.00 bits per heavy atom. The van der Waals surface area contributed by atoms with Crippen LogP contribution in [0.3, 0.4) is 0 Å². The average molecular weight is 354 g/mol. The van der Waals surface area contributed by atoms with Crippen molar-refractivity contribution in [1.29, 1.82) is 0 Å². The van der Waals surface area contributed by atoms with Gasteiger partial charge in [-0.3, -0.25) is 4.79 Å². The van der Waals surface area contributed by atoms with Gasteiger partial charge in [-0.15, -0.1) is 0 Å². The predicted molar refractivity (Wildman–Crippen MR) is 104 cm³/mol. The molecule has 4 heteroatoms. The van der Waals surface area contributed by atoms with Crippen molar-refractivity contribution in [3.63, 3.8) is 0 Å². The molecule has 1 amide bonds. The van der Waals surface area contributed by atoms with Crippen molar-refractivity contribution in [2.45, 2.75) is 51.6 Å². The van der Waals surface area contributed by atoms with E-state index in [9.17, 15) is 4.79 Å². The smallest absolute Gasteiger partial charge is 0.221 e. The quantitative estimate of drug-likeness (QED) is 0.884. The molecule has 1 N–H and O–H groups in total. The molecule has 140 valence electrons. The Labute approximate surface area is 156 Å². The number of rotatable bonds is 5. The molecule has 4 nitrogen and oxygen atoms in total. The van der Waals surface area contributed by atoms with Gasteiger partial charge in [0.05, 0.1) is 12.2 Å². The molecule has 0 saturated carbocycles. The van der Waals surface area contributed by atoms with Gasteiger partial charge in [0.1, 0.15) is 5.76 Å². The van der Waals surface area contributed by atoms with Crippen LogP contribution in [0, 0.1) is 12.8 Å². The van der Waals surface area contributed by atoms with E-state index in [4.69, 9.17) is 4.42 Å². The van der Waals surface area contributed by atoms with E-state index < -0.39 is 0 Å². The minimum absolute atomic E-state index is 0.0513. The molecule has 1 saturated heterocycles. The number of furan rings is 1. The van der Waals surface area contributed by atoms with E-state index in [1.165, 1.54) is 5.56 Å². The molecule has 2 heterocycles. The molecule has 2 aromatic rings. The highest BCUT2D eigenvalue weighted by atomic mass is 16.3. The highest BCUT2D eigenvalue weighted by Crippen LogP contribution is 2.29. The number of likely N-dealkylation sites (tertiary alicyclic amines) is 1. The van der Waals surface area contributed by atoms with Crippen molar-refractivity contribution >= 4 is 5.91 Å². The summed E-state index contributed by atoms with van der Waals surface area (Å²) in [6.07, 6.45) is 3.08. The number of hydrogen-bond donors (Lipinski definition) is 1. The topological polar surface area (TPSA) is 45.5 Å². The van der Waals surface area contributed by atoms with Gasteiger partial charge >= 0.3 is 0 Å². The standard InChI is InChI=1S/C22H30N2O2/c1-15-7-9-18(10-8-15)19(21-6-5-11-26-21)13-22(25)23-20-12-17(3)24(4)14-16(20)2/h5-11,16-17,19-20H,12-14H2,1-4H3,(H,23,25)/t16-,17+,19+,20+/m0/s1. The summed E-state index contributed by atoms with van der Waals surface area (Å²) in [4.78, 5) is 15.2. The van der Waals surface area contributed by atoms with Crippen LogP contribution in [0.1, 0.15) is 49.5 Å². The molecule has 26 heavy (non-hydrogen) atoms. The summed E-state index contributed by atoms with van der Waals surface area (Å²) >= 11 is 0. The molecule has 1 aliphatic rings. The maximum atomic E-state index is 12.8. The molecule has 0 aliphatic carbocycles. The lowest BCUT2D eigenvalue weighted by atomic mass is 9.88. The second kappa shape index (κ2) is 8.09. The van der Waals surface area contributed by atoms with Gasteiger partial charge in [-0.25, -0.2) is 0 Å². The Morgan fingerprint density at radius 1 is 1.27 bits per heavy atom. The van der Waals surface area contributed by atoms with Gasteiger partial charge in [0.25, 0.3) is 0 Å². The van der Waals surface area contributed by atoms with Crippen LogP contribution >= 0.6 is 0 Å². The Bertz CT molecular complexity index is 708. The van der Waals surface area contributed by atoms with Crippen molar-refractivity contribution in [3.05, 3.63) is 59.5 Å². The van der Waals surface area contributed by atoms with E-state index in [0.29, 0.717) is 18.4 Å². The number of carbonyl (C=O) groups is 1. The zero-order valence-corrected chi connectivity index (χ0v) is 16.2. The molecule has 1 fully saturated rings. The van der Waals surface area contributed by atoms with Gasteiger partial charge in [0.2, 0.25) is 5.91 Å². The lowest BCUT2D eigenvalue weighted by Gasteiger charge is -2.40. The second-order valence-electron chi connectivity index (χ2n) is 7.86. The highest BCUT2D eigenvalue weighted by molar-refractivity contribution is 5.77. The molecule has 0 spiro atoms. The van der Waals surface area contributed by atoms with Crippen LogP contribution in [0.15, 0.2) is 47.1 Å². The Morgan fingerprint density at radius 3 is 2.65 bits per heavy atom. The molecule has 0 bridgehead atoms. The summed E-state index contributed by atoms with van der Waals surface area (Å²) in [5.41, 5.74) is 2.33. The summed E-state index contributed by atoms with van der Waals surface area (Å²) in [6.45, 7) is 7.53. The van der Waals surface area contributed by atoms with Crippen molar-refractivity contribution in [1.82, 2.24) is 10.2 Å². The number of piperidine rings is 1. The van der Waals surface area contributed by atoms with E-state index in [0.717, 1.165) is 24.3 Å². The van der Waals surface area contributed by atoms with Crippen molar-refractivity contribution in [3.8, 4) is 0 Å². The van der Waals surface area contributed by atoms with Gasteiger partial charge in [0.15, 0.2) is 0 Å². The van der Waals surface area contributed by atoms with E-state index in [-0.39, 0.29) is 17.9 Å². The summed E-state index contributed by atoms with van der Waals surface area (Å²) < 4.78 is 5.64. The lowest BCUT2D eigenvalue weighted by molar-refractivity contribution is -0.123. The summed E-state index contributed by atoms with van der Waals surface area (Å²) in [6, 6.07) is 12.9. The number of hydrogen-bond acceptors (Lipinski definition) is 3. The monoisotopic (exact) mass is 354 g/mol. The fraction of sp³-hybridized carbons (Fsp3) is 0.500. The van der Waals surface area contributed by atoms with Crippen molar-refractivity contribution in [2.24, 2.45) is 5.92 Å². The Kier molecular flexibility index (Phi) is 5.82. The average Bonchev–Trinajstić information content (AvgIpc) is 3.13. The van der Waals surface area contributed by atoms with E-state index in [1.807, 2.05) is 12.1 Å². The van der Waals surface area contributed by atoms with E-state index in [2.05, 4.69) is 62.3 Å². The number of aryl methyl sites for hydroxylation is 1. The molecular formula is C22H30N2O2.